The molecule has 1 atom stereocenters. The minimum absolute atomic E-state index is 0.336. The highest BCUT2D eigenvalue weighted by molar-refractivity contribution is 5.31. The normalized spacial score (nSPS) is 21.5. The first kappa shape index (κ1) is 10.2. The van der Waals surface area contributed by atoms with Gasteiger partial charge in [-0.1, -0.05) is 12.1 Å². The Labute approximate surface area is 90.1 Å². The molecule has 3 nitrogen and oxygen atoms in total. The van der Waals surface area contributed by atoms with Crippen molar-refractivity contribution in [1.29, 1.82) is 5.26 Å². The fourth-order valence-corrected chi connectivity index (χ4v) is 1.95. The van der Waals surface area contributed by atoms with Gasteiger partial charge in [0.2, 0.25) is 0 Å². The molecule has 0 saturated carbocycles. The summed E-state index contributed by atoms with van der Waals surface area (Å²) in [6.07, 6.45) is 1.09. The van der Waals surface area contributed by atoms with Gasteiger partial charge in [0.05, 0.1) is 11.6 Å². The van der Waals surface area contributed by atoms with Crippen LogP contribution in [0.1, 0.15) is 17.5 Å². The quantitative estimate of drug-likeness (QED) is 0.779. The highest BCUT2D eigenvalue weighted by Crippen LogP contribution is 2.12. The molecule has 3 heteroatoms. The Balaban J connectivity index is 1.96. The molecule has 0 amide bonds. The van der Waals surface area contributed by atoms with Crippen molar-refractivity contribution in [2.75, 3.05) is 13.1 Å². The van der Waals surface area contributed by atoms with Gasteiger partial charge in [-0.25, -0.2) is 0 Å². The van der Waals surface area contributed by atoms with E-state index < -0.39 is 0 Å². The lowest BCUT2D eigenvalue weighted by Crippen LogP contribution is -2.26. The number of hydrogen-bond donors (Lipinski definition) is 1. The highest BCUT2D eigenvalue weighted by Gasteiger charge is 2.18. The second-order valence-corrected chi connectivity index (χ2v) is 4.09. The van der Waals surface area contributed by atoms with Crippen LogP contribution in [0.15, 0.2) is 24.3 Å². The van der Waals surface area contributed by atoms with Crippen molar-refractivity contribution < 1.29 is 0 Å². The van der Waals surface area contributed by atoms with Gasteiger partial charge in [-0.15, -0.1) is 0 Å². The van der Waals surface area contributed by atoms with Crippen molar-refractivity contribution in [2.24, 2.45) is 5.73 Å². The van der Waals surface area contributed by atoms with E-state index in [1.54, 1.807) is 0 Å². The van der Waals surface area contributed by atoms with Gasteiger partial charge in [-0.05, 0) is 24.1 Å². The van der Waals surface area contributed by atoms with E-state index in [2.05, 4.69) is 11.0 Å². The highest BCUT2D eigenvalue weighted by atomic mass is 15.2. The summed E-state index contributed by atoms with van der Waals surface area (Å²) in [6.45, 7) is 3.01. The average molecular weight is 201 g/mol. The molecule has 1 aliphatic rings. The van der Waals surface area contributed by atoms with Crippen LogP contribution in [-0.2, 0) is 6.54 Å². The summed E-state index contributed by atoms with van der Waals surface area (Å²) in [4.78, 5) is 2.35. The predicted octanol–water partition coefficient (Wildman–Crippen LogP) is 1.09. The van der Waals surface area contributed by atoms with Crippen molar-refractivity contribution in [3.8, 4) is 6.07 Å². The molecule has 1 saturated heterocycles. The summed E-state index contributed by atoms with van der Waals surface area (Å²) >= 11 is 0. The molecule has 0 spiro atoms. The van der Waals surface area contributed by atoms with Gasteiger partial charge < -0.3 is 5.73 Å². The van der Waals surface area contributed by atoms with Crippen LogP contribution >= 0.6 is 0 Å². The smallest absolute Gasteiger partial charge is 0.0991 e. The Morgan fingerprint density at radius 1 is 1.40 bits per heavy atom. The molecule has 1 aromatic rings. The first-order valence-electron chi connectivity index (χ1n) is 5.25. The van der Waals surface area contributed by atoms with Crippen molar-refractivity contribution in [1.82, 2.24) is 4.90 Å². The van der Waals surface area contributed by atoms with Crippen LogP contribution in [-0.4, -0.2) is 24.0 Å². The van der Waals surface area contributed by atoms with E-state index >= 15 is 0 Å². The van der Waals surface area contributed by atoms with Crippen LogP contribution in [0.5, 0.6) is 0 Å². The maximum absolute atomic E-state index is 8.67. The van der Waals surface area contributed by atoms with E-state index in [1.165, 1.54) is 5.56 Å². The monoisotopic (exact) mass is 201 g/mol. The van der Waals surface area contributed by atoms with Gasteiger partial charge in [0.1, 0.15) is 0 Å². The summed E-state index contributed by atoms with van der Waals surface area (Å²) in [5.74, 6) is 0. The van der Waals surface area contributed by atoms with Gasteiger partial charge in [-0.3, -0.25) is 4.90 Å². The molecule has 0 unspecified atom stereocenters. The van der Waals surface area contributed by atoms with Crippen LogP contribution in [0.2, 0.25) is 0 Å². The van der Waals surface area contributed by atoms with E-state index in [9.17, 15) is 0 Å². The van der Waals surface area contributed by atoms with Crippen LogP contribution < -0.4 is 5.73 Å². The molecule has 15 heavy (non-hydrogen) atoms. The summed E-state index contributed by atoms with van der Waals surface area (Å²) in [5.41, 5.74) is 7.81. The second kappa shape index (κ2) is 4.43. The number of nitrogens with zero attached hydrogens (tertiary/aromatic N) is 2. The van der Waals surface area contributed by atoms with E-state index in [-0.39, 0.29) is 0 Å². The summed E-state index contributed by atoms with van der Waals surface area (Å²) in [7, 11) is 0. The lowest BCUT2D eigenvalue weighted by molar-refractivity contribution is 0.327. The van der Waals surface area contributed by atoms with Gasteiger partial charge >= 0.3 is 0 Å². The van der Waals surface area contributed by atoms with Gasteiger partial charge in [0.25, 0.3) is 0 Å². The third-order valence-electron chi connectivity index (χ3n) is 2.80. The summed E-state index contributed by atoms with van der Waals surface area (Å²) in [5, 5.41) is 8.67. The van der Waals surface area contributed by atoms with E-state index in [0.717, 1.165) is 31.6 Å². The summed E-state index contributed by atoms with van der Waals surface area (Å²) in [6, 6.07) is 10.2. The van der Waals surface area contributed by atoms with Crippen LogP contribution in [0.3, 0.4) is 0 Å². The SMILES string of the molecule is N#Cc1ccc(CN2CC[C@H](N)C2)cc1. The average Bonchev–Trinajstić information content (AvgIpc) is 2.65. The molecule has 0 bridgehead atoms. The Hall–Kier alpha value is -1.37. The molecule has 2 N–H and O–H groups in total. The molecule has 2 rings (SSSR count). The Morgan fingerprint density at radius 2 is 2.13 bits per heavy atom. The fraction of sp³-hybridized carbons (Fsp3) is 0.417. The van der Waals surface area contributed by atoms with Crippen LogP contribution in [0, 0.1) is 11.3 Å². The molecule has 1 aromatic carbocycles. The first-order chi connectivity index (χ1) is 7.28. The second-order valence-electron chi connectivity index (χ2n) is 4.09. The number of benzene rings is 1. The maximum Gasteiger partial charge on any atom is 0.0991 e. The van der Waals surface area contributed by atoms with Crippen molar-refractivity contribution in [3.05, 3.63) is 35.4 Å². The molecule has 1 fully saturated rings. The Morgan fingerprint density at radius 3 is 2.67 bits per heavy atom. The molecule has 1 heterocycles. The lowest BCUT2D eigenvalue weighted by Gasteiger charge is -2.14. The lowest BCUT2D eigenvalue weighted by atomic mass is 10.1. The van der Waals surface area contributed by atoms with Crippen molar-refractivity contribution in [2.45, 2.75) is 19.0 Å². The van der Waals surface area contributed by atoms with E-state index in [4.69, 9.17) is 11.0 Å². The minimum Gasteiger partial charge on any atom is -0.326 e. The molecule has 78 valence electrons. The zero-order valence-electron chi connectivity index (χ0n) is 8.69. The summed E-state index contributed by atoms with van der Waals surface area (Å²) < 4.78 is 0. The number of hydrogen-bond acceptors (Lipinski definition) is 3. The van der Waals surface area contributed by atoms with E-state index in [0.29, 0.717) is 6.04 Å². The van der Waals surface area contributed by atoms with Crippen molar-refractivity contribution >= 4 is 0 Å². The number of nitriles is 1. The molecule has 0 aliphatic carbocycles. The van der Waals surface area contributed by atoms with E-state index in [1.807, 2.05) is 24.3 Å². The van der Waals surface area contributed by atoms with Gasteiger partial charge in [0.15, 0.2) is 0 Å². The molecule has 0 radical (unpaired) electrons. The fourth-order valence-electron chi connectivity index (χ4n) is 1.95. The standard InChI is InChI=1S/C12H15N3/c13-7-10-1-3-11(4-2-10)8-15-6-5-12(14)9-15/h1-4,12H,5-6,8-9,14H2/t12-/m0/s1. The maximum atomic E-state index is 8.67. The van der Waals surface area contributed by atoms with Crippen molar-refractivity contribution in [3.63, 3.8) is 0 Å². The zero-order valence-corrected chi connectivity index (χ0v) is 8.69. The number of likely N-dealkylation sites (tertiary alicyclic amines) is 1. The Kier molecular flexibility index (Phi) is 3.00. The predicted molar refractivity (Wildman–Crippen MR) is 59.0 cm³/mol. The number of rotatable bonds is 2. The third kappa shape index (κ3) is 2.56. The number of nitrogens with two attached hydrogens (primary N) is 1. The zero-order chi connectivity index (χ0) is 10.7. The molecule has 0 aromatic heterocycles. The van der Waals surface area contributed by atoms with Crippen LogP contribution in [0.4, 0.5) is 0 Å². The van der Waals surface area contributed by atoms with Crippen LogP contribution in [0.25, 0.3) is 0 Å². The third-order valence-corrected chi connectivity index (χ3v) is 2.80. The van der Waals surface area contributed by atoms with Gasteiger partial charge in [0, 0.05) is 25.7 Å². The molecular weight excluding hydrogens is 186 g/mol. The Bertz CT molecular complexity index is 363. The largest absolute Gasteiger partial charge is 0.326 e. The minimum atomic E-state index is 0.336. The topological polar surface area (TPSA) is 53.0 Å². The molecular formula is C12H15N3. The molecule has 1 aliphatic heterocycles. The first-order valence-corrected chi connectivity index (χ1v) is 5.25. The van der Waals surface area contributed by atoms with Gasteiger partial charge in [-0.2, -0.15) is 5.26 Å².